The van der Waals surface area contributed by atoms with Gasteiger partial charge in [-0.3, -0.25) is 0 Å². The van der Waals surface area contributed by atoms with Gasteiger partial charge in [-0.15, -0.1) is 0 Å². The van der Waals surface area contributed by atoms with E-state index in [0.29, 0.717) is 0 Å². The van der Waals surface area contributed by atoms with Crippen molar-refractivity contribution in [1.29, 1.82) is 0 Å². The van der Waals surface area contributed by atoms with Crippen LogP contribution in [-0.4, -0.2) is 19.6 Å². The monoisotopic (exact) mass is 166 g/mol. The first-order valence-corrected chi connectivity index (χ1v) is 4.58. The first-order valence-electron chi connectivity index (χ1n) is 4.58. The molecule has 5 N–H and O–H groups in total. The maximum Gasteiger partial charge on any atom is 0.125 e. The van der Waals surface area contributed by atoms with Crippen molar-refractivity contribution in [3.63, 3.8) is 0 Å². The Morgan fingerprint density at radius 1 is 1.08 bits per heavy atom. The number of quaternary nitrogens is 2. The van der Waals surface area contributed by atoms with Gasteiger partial charge in [0.2, 0.25) is 0 Å². The molecular formula is C10H18N2+2. The lowest BCUT2D eigenvalue weighted by Gasteiger charge is -1.98. The van der Waals surface area contributed by atoms with Crippen molar-refractivity contribution in [2.24, 2.45) is 0 Å². The largest absolute Gasteiger partial charge is 0.353 e. The van der Waals surface area contributed by atoms with Gasteiger partial charge in [0.1, 0.15) is 13.1 Å². The molecule has 0 aliphatic rings. The summed E-state index contributed by atoms with van der Waals surface area (Å²) in [6, 6.07) is 10.6. The molecule has 66 valence electrons. The van der Waals surface area contributed by atoms with Crippen LogP contribution in [0.25, 0.3) is 0 Å². The molecule has 0 atom stereocenters. The minimum Gasteiger partial charge on any atom is -0.353 e. The molecule has 0 amide bonds. The van der Waals surface area contributed by atoms with Gasteiger partial charge in [-0.1, -0.05) is 30.3 Å². The Kier molecular flexibility index (Phi) is 4.42. The summed E-state index contributed by atoms with van der Waals surface area (Å²) >= 11 is 0. The fourth-order valence-corrected chi connectivity index (χ4v) is 1.20. The average Bonchev–Trinajstić information content (AvgIpc) is 2.14. The Hall–Kier alpha value is -0.860. The molecule has 0 spiro atoms. The van der Waals surface area contributed by atoms with Gasteiger partial charge in [-0.25, -0.2) is 0 Å². The van der Waals surface area contributed by atoms with Gasteiger partial charge in [-0.05, 0) is 5.56 Å². The topological polar surface area (TPSA) is 44.2 Å². The van der Waals surface area contributed by atoms with Crippen LogP contribution in [0.3, 0.4) is 0 Å². The van der Waals surface area contributed by atoms with Crippen LogP contribution >= 0.6 is 0 Å². The van der Waals surface area contributed by atoms with Crippen molar-refractivity contribution in [3.05, 3.63) is 35.9 Å². The first kappa shape index (κ1) is 9.23. The van der Waals surface area contributed by atoms with Crippen molar-refractivity contribution >= 4 is 0 Å². The molecule has 2 nitrogen and oxygen atoms in total. The summed E-state index contributed by atoms with van der Waals surface area (Å²) in [7, 11) is 0. The van der Waals surface area contributed by atoms with Gasteiger partial charge in [0.25, 0.3) is 0 Å². The second-order valence-electron chi connectivity index (χ2n) is 2.96. The van der Waals surface area contributed by atoms with Crippen molar-refractivity contribution in [1.82, 2.24) is 0 Å². The number of benzene rings is 1. The average molecular weight is 166 g/mol. The molecule has 0 aromatic heterocycles. The zero-order valence-electron chi connectivity index (χ0n) is 7.50. The molecule has 0 saturated carbocycles. The number of hydrogen-bond donors (Lipinski definition) is 2. The number of nitrogens with two attached hydrogens (primary N) is 1. The summed E-state index contributed by atoms with van der Waals surface area (Å²) in [4.78, 5) is 0. The van der Waals surface area contributed by atoms with Gasteiger partial charge >= 0.3 is 0 Å². The highest BCUT2D eigenvalue weighted by Crippen LogP contribution is 1.96. The van der Waals surface area contributed by atoms with E-state index in [0.717, 1.165) is 13.1 Å². The van der Waals surface area contributed by atoms with Crippen molar-refractivity contribution in [2.75, 3.05) is 19.6 Å². The Balaban J connectivity index is 2.16. The van der Waals surface area contributed by atoms with Gasteiger partial charge in [0.05, 0.1) is 6.54 Å². The third kappa shape index (κ3) is 3.51. The zero-order valence-corrected chi connectivity index (χ0v) is 7.50. The smallest absolute Gasteiger partial charge is 0.125 e. The quantitative estimate of drug-likeness (QED) is 0.529. The molecule has 1 aromatic carbocycles. The summed E-state index contributed by atoms with van der Waals surface area (Å²) in [5.41, 5.74) is 5.23. The van der Waals surface area contributed by atoms with E-state index in [2.05, 4.69) is 41.4 Å². The standard InChI is InChI=1S/C10H16N2/c11-7-9-12-8-6-10-4-2-1-3-5-10/h1-5,12H,6-9,11H2/p+2. The fraction of sp³-hybridized carbons (Fsp3) is 0.400. The molecule has 0 unspecified atom stereocenters. The molecule has 0 aliphatic carbocycles. The van der Waals surface area contributed by atoms with E-state index in [1.54, 1.807) is 0 Å². The van der Waals surface area contributed by atoms with Crippen LogP contribution in [0, 0.1) is 0 Å². The van der Waals surface area contributed by atoms with Gasteiger partial charge in [0, 0.05) is 6.42 Å². The lowest BCUT2D eigenvalue weighted by atomic mass is 10.1. The second kappa shape index (κ2) is 5.75. The molecule has 12 heavy (non-hydrogen) atoms. The maximum atomic E-state index is 3.80. The Morgan fingerprint density at radius 3 is 2.50 bits per heavy atom. The summed E-state index contributed by atoms with van der Waals surface area (Å²) in [6.45, 7) is 3.35. The molecule has 1 aromatic rings. The van der Waals surface area contributed by atoms with E-state index < -0.39 is 0 Å². The van der Waals surface area contributed by atoms with E-state index in [1.165, 1.54) is 18.5 Å². The Bertz CT molecular complexity index is 196. The predicted molar refractivity (Wildman–Crippen MR) is 49.6 cm³/mol. The van der Waals surface area contributed by atoms with E-state index in [-0.39, 0.29) is 0 Å². The van der Waals surface area contributed by atoms with Crippen LogP contribution in [0.2, 0.25) is 0 Å². The van der Waals surface area contributed by atoms with Crippen molar-refractivity contribution in [3.8, 4) is 0 Å². The molecule has 0 saturated heterocycles. The summed E-state index contributed by atoms with van der Waals surface area (Å²) in [5, 5.41) is 2.32. The van der Waals surface area contributed by atoms with Crippen molar-refractivity contribution < 1.29 is 11.1 Å². The summed E-state index contributed by atoms with van der Waals surface area (Å²) in [5.74, 6) is 0. The van der Waals surface area contributed by atoms with Gasteiger partial charge < -0.3 is 11.1 Å². The Labute approximate surface area is 73.8 Å². The van der Waals surface area contributed by atoms with Gasteiger partial charge in [-0.2, -0.15) is 0 Å². The first-order chi connectivity index (χ1) is 5.93. The van der Waals surface area contributed by atoms with E-state index in [1.807, 2.05) is 0 Å². The normalized spacial score (nSPS) is 10.1. The number of rotatable bonds is 5. The lowest BCUT2D eigenvalue weighted by Crippen LogP contribution is -2.88. The minimum absolute atomic E-state index is 1.02. The molecule has 2 heteroatoms. The van der Waals surface area contributed by atoms with Crippen LogP contribution in [0.15, 0.2) is 30.3 Å². The third-order valence-electron chi connectivity index (χ3n) is 1.89. The highest BCUT2D eigenvalue weighted by Gasteiger charge is 1.92. The van der Waals surface area contributed by atoms with E-state index in [9.17, 15) is 0 Å². The lowest BCUT2D eigenvalue weighted by molar-refractivity contribution is -0.669. The highest BCUT2D eigenvalue weighted by molar-refractivity contribution is 5.14. The molecule has 0 heterocycles. The molecule has 0 bridgehead atoms. The van der Waals surface area contributed by atoms with Gasteiger partial charge in [0.15, 0.2) is 0 Å². The van der Waals surface area contributed by atoms with E-state index in [4.69, 9.17) is 0 Å². The second-order valence-corrected chi connectivity index (χ2v) is 2.96. The summed E-state index contributed by atoms with van der Waals surface area (Å²) in [6.07, 6.45) is 1.17. The molecule has 0 aliphatic heterocycles. The fourth-order valence-electron chi connectivity index (χ4n) is 1.20. The maximum absolute atomic E-state index is 3.80. The molecule has 0 radical (unpaired) electrons. The minimum atomic E-state index is 1.02. The van der Waals surface area contributed by atoms with Crippen molar-refractivity contribution in [2.45, 2.75) is 6.42 Å². The van der Waals surface area contributed by atoms with E-state index >= 15 is 0 Å². The van der Waals surface area contributed by atoms with Crippen LogP contribution in [0.1, 0.15) is 5.56 Å². The van der Waals surface area contributed by atoms with Crippen LogP contribution in [0.5, 0.6) is 0 Å². The highest BCUT2D eigenvalue weighted by atomic mass is 14.9. The van der Waals surface area contributed by atoms with Crippen LogP contribution < -0.4 is 11.1 Å². The molecular weight excluding hydrogens is 148 g/mol. The SMILES string of the molecule is [NH3+]CC[NH2+]CCc1ccccc1. The molecule has 0 fully saturated rings. The molecule has 1 rings (SSSR count). The zero-order chi connectivity index (χ0) is 8.65. The Morgan fingerprint density at radius 2 is 1.83 bits per heavy atom. The summed E-state index contributed by atoms with van der Waals surface area (Å²) < 4.78 is 0. The van der Waals surface area contributed by atoms with Crippen LogP contribution in [0.4, 0.5) is 0 Å². The number of hydrogen-bond acceptors (Lipinski definition) is 0. The predicted octanol–water partition coefficient (Wildman–Crippen LogP) is -0.966. The third-order valence-corrected chi connectivity index (χ3v) is 1.89. The van der Waals surface area contributed by atoms with Crippen LogP contribution in [-0.2, 0) is 6.42 Å².